The quantitative estimate of drug-likeness (QED) is 0.0459. The normalized spacial score (nSPS) is 10.9. The summed E-state index contributed by atoms with van der Waals surface area (Å²) in [6.07, 6.45) is 3.95. The number of hydrogen-bond donors (Lipinski definition) is 2. The number of hydrazone groups is 1. The van der Waals surface area contributed by atoms with Gasteiger partial charge in [0.2, 0.25) is 0 Å². The fourth-order valence-electron chi connectivity index (χ4n) is 3.72. The molecule has 0 aromatic heterocycles. The van der Waals surface area contributed by atoms with Crippen LogP contribution in [-0.2, 0) is 4.79 Å². The highest BCUT2D eigenvalue weighted by Crippen LogP contribution is 2.32. The molecule has 0 aliphatic rings. The molecule has 44 heavy (non-hydrogen) atoms. The Kier molecular flexibility index (Phi) is 10.7. The average molecular weight is 722 g/mol. The van der Waals surface area contributed by atoms with Crippen LogP contribution in [0.5, 0.6) is 11.5 Å². The number of methoxy groups -OCH3 is 1. The lowest BCUT2D eigenvalue weighted by molar-refractivity contribution is -0.384. The second kappa shape index (κ2) is 14.8. The molecular weight excluding hydrogens is 700 g/mol. The maximum absolute atomic E-state index is 12.8. The van der Waals surface area contributed by atoms with E-state index in [-0.39, 0.29) is 22.9 Å². The van der Waals surface area contributed by atoms with Crippen molar-refractivity contribution in [3.05, 3.63) is 132 Å². The number of rotatable bonds is 10. The van der Waals surface area contributed by atoms with Crippen molar-refractivity contribution in [1.82, 2.24) is 5.43 Å². The molecule has 11 nitrogen and oxygen atoms in total. The summed E-state index contributed by atoms with van der Waals surface area (Å²) in [5.41, 5.74) is 4.32. The van der Waals surface area contributed by atoms with E-state index in [2.05, 4.69) is 47.7 Å². The summed E-state index contributed by atoms with van der Waals surface area (Å²) in [7, 11) is 1.51. The molecule has 4 aromatic carbocycles. The number of nitrogens with zero attached hydrogens (tertiary/aromatic N) is 2. The second-order valence-corrected chi connectivity index (χ2v) is 10.6. The zero-order valence-corrected chi connectivity index (χ0v) is 26.0. The van der Waals surface area contributed by atoms with E-state index >= 15 is 0 Å². The Balaban J connectivity index is 1.42. The van der Waals surface area contributed by atoms with Gasteiger partial charge in [-0.2, -0.15) is 5.10 Å². The van der Waals surface area contributed by atoms with E-state index < -0.39 is 16.8 Å². The zero-order chi connectivity index (χ0) is 31.6. The molecule has 4 rings (SSSR count). The topological polar surface area (TPSA) is 149 Å². The number of carbonyl (C=O) groups excluding carboxylic acids is 3. The van der Waals surface area contributed by atoms with Crippen LogP contribution in [-0.4, -0.2) is 36.0 Å². The van der Waals surface area contributed by atoms with Gasteiger partial charge in [-0.1, -0.05) is 28.1 Å². The summed E-state index contributed by atoms with van der Waals surface area (Å²) in [5.74, 6) is -0.941. The van der Waals surface area contributed by atoms with Gasteiger partial charge in [-0.25, -0.2) is 10.2 Å². The molecule has 0 saturated carbocycles. The first kappa shape index (κ1) is 31.8. The smallest absolute Gasteiger partial charge is 0.336 e. The van der Waals surface area contributed by atoms with Gasteiger partial charge in [0.25, 0.3) is 17.5 Å². The third-order valence-electron chi connectivity index (χ3n) is 5.84. The summed E-state index contributed by atoms with van der Waals surface area (Å²) in [4.78, 5) is 48.3. The van der Waals surface area contributed by atoms with Gasteiger partial charge >= 0.3 is 5.97 Å². The molecule has 0 fully saturated rings. The number of nitro groups is 1. The van der Waals surface area contributed by atoms with E-state index in [0.29, 0.717) is 37.1 Å². The summed E-state index contributed by atoms with van der Waals surface area (Å²) in [6, 6.07) is 22.0. The molecule has 0 radical (unpaired) electrons. The van der Waals surface area contributed by atoms with Crippen molar-refractivity contribution in [2.75, 3.05) is 12.4 Å². The second-order valence-electron chi connectivity index (χ2n) is 8.88. The lowest BCUT2D eigenvalue weighted by Gasteiger charge is -2.09. The predicted octanol–water partition coefficient (Wildman–Crippen LogP) is 6.76. The number of non-ortho nitro benzene ring substituents is 1. The molecule has 0 aliphatic heterocycles. The number of anilines is 1. The van der Waals surface area contributed by atoms with E-state index in [9.17, 15) is 24.5 Å². The zero-order valence-electron chi connectivity index (χ0n) is 22.8. The van der Waals surface area contributed by atoms with E-state index in [4.69, 9.17) is 9.47 Å². The van der Waals surface area contributed by atoms with Crippen molar-refractivity contribution >= 4 is 73.3 Å². The van der Waals surface area contributed by atoms with Crippen molar-refractivity contribution in [2.24, 2.45) is 5.10 Å². The third kappa shape index (κ3) is 8.69. The van der Waals surface area contributed by atoms with Gasteiger partial charge in [-0.05, 0) is 88.2 Å². The number of nitrogens with one attached hydrogen (secondary N) is 2. The number of halogens is 2. The van der Waals surface area contributed by atoms with E-state index in [1.54, 1.807) is 54.6 Å². The molecule has 0 spiro atoms. The highest BCUT2D eigenvalue weighted by Gasteiger charge is 2.14. The van der Waals surface area contributed by atoms with Gasteiger partial charge < -0.3 is 14.8 Å². The fraction of sp³-hybridized carbons (Fsp3) is 0.0323. The Morgan fingerprint density at radius 1 is 0.909 bits per heavy atom. The Labute approximate surface area is 268 Å². The van der Waals surface area contributed by atoms with Crippen LogP contribution in [0.3, 0.4) is 0 Å². The van der Waals surface area contributed by atoms with Gasteiger partial charge in [0.1, 0.15) is 5.75 Å². The van der Waals surface area contributed by atoms with Crippen molar-refractivity contribution in [1.29, 1.82) is 0 Å². The van der Waals surface area contributed by atoms with Gasteiger partial charge in [0.15, 0.2) is 5.75 Å². The average Bonchev–Trinajstić information content (AvgIpc) is 3.01. The number of hydrogen-bond acceptors (Lipinski definition) is 8. The minimum absolute atomic E-state index is 0.0663. The molecule has 0 atom stereocenters. The first-order valence-electron chi connectivity index (χ1n) is 12.6. The van der Waals surface area contributed by atoms with Gasteiger partial charge in [0, 0.05) is 45.1 Å². The Hall–Kier alpha value is -5.14. The van der Waals surface area contributed by atoms with Crippen LogP contribution in [0, 0.1) is 10.1 Å². The van der Waals surface area contributed by atoms with Crippen molar-refractivity contribution in [3.63, 3.8) is 0 Å². The van der Waals surface area contributed by atoms with E-state index in [1.807, 2.05) is 0 Å². The number of amides is 2. The van der Waals surface area contributed by atoms with Crippen LogP contribution in [0.2, 0.25) is 0 Å². The summed E-state index contributed by atoms with van der Waals surface area (Å²) >= 11 is 6.75. The van der Waals surface area contributed by atoms with Crippen LogP contribution in [0.4, 0.5) is 11.4 Å². The Morgan fingerprint density at radius 2 is 1.61 bits per heavy atom. The maximum atomic E-state index is 12.8. The standard InChI is InChI=1S/C31H22Br2N4O7/c1-43-26-7-3-5-21(16-26)30(39)35-24-6-2-4-20(15-24)31(40)36-34-18-22-14-23(32)17-27(33)29(22)44-28(38)13-10-19-8-11-25(12-9-19)37(41)42/h2-18H,1H3,(H,35,39)(H,36,40)/b13-10+,34-18?. The molecule has 0 saturated heterocycles. The van der Waals surface area contributed by atoms with Gasteiger partial charge in [0.05, 0.1) is 22.7 Å². The molecule has 0 heterocycles. The molecule has 4 aromatic rings. The Bertz CT molecular complexity index is 1790. The molecule has 0 aliphatic carbocycles. The number of esters is 1. The fourth-order valence-corrected chi connectivity index (χ4v) is 5.06. The van der Waals surface area contributed by atoms with Gasteiger partial charge in [-0.3, -0.25) is 19.7 Å². The first-order chi connectivity index (χ1) is 21.1. The van der Waals surface area contributed by atoms with Crippen LogP contribution in [0.25, 0.3) is 6.08 Å². The van der Waals surface area contributed by atoms with Crippen molar-refractivity contribution < 1.29 is 28.8 Å². The number of nitro benzene ring substituents is 1. The van der Waals surface area contributed by atoms with Gasteiger partial charge in [-0.15, -0.1) is 0 Å². The lowest BCUT2D eigenvalue weighted by Crippen LogP contribution is -2.18. The van der Waals surface area contributed by atoms with Crippen LogP contribution in [0.1, 0.15) is 31.8 Å². The van der Waals surface area contributed by atoms with Crippen LogP contribution >= 0.6 is 31.9 Å². The highest BCUT2D eigenvalue weighted by molar-refractivity contribution is 9.11. The van der Waals surface area contributed by atoms with Crippen LogP contribution < -0.4 is 20.2 Å². The largest absolute Gasteiger partial charge is 0.497 e. The minimum Gasteiger partial charge on any atom is -0.497 e. The predicted molar refractivity (Wildman–Crippen MR) is 172 cm³/mol. The number of carbonyl (C=O) groups is 3. The molecule has 13 heteroatoms. The molecular formula is C31H22Br2N4O7. The minimum atomic E-state index is -0.710. The third-order valence-corrected chi connectivity index (χ3v) is 6.89. The summed E-state index contributed by atoms with van der Waals surface area (Å²) in [6.45, 7) is 0. The van der Waals surface area contributed by atoms with Crippen molar-refractivity contribution in [3.8, 4) is 11.5 Å². The van der Waals surface area contributed by atoms with Crippen molar-refractivity contribution in [2.45, 2.75) is 0 Å². The summed E-state index contributed by atoms with van der Waals surface area (Å²) in [5, 5.41) is 17.6. The number of benzene rings is 4. The van der Waals surface area contributed by atoms with Crippen LogP contribution in [0.15, 0.2) is 105 Å². The molecule has 222 valence electrons. The maximum Gasteiger partial charge on any atom is 0.336 e. The molecule has 2 N–H and O–H groups in total. The molecule has 0 unspecified atom stereocenters. The first-order valence-corrected chi connectivity index (χ1v) is 14.2. The monoisotopic (exact) mass is 720 g/mol. The SMILES string of the molecule is COc1cccc(C(=O)Nc2cccc(C(=O)NN=Cc3cc(Br)cc(Br)c3OC(=O)/C=C/c3ccc([N+](=O)[O-])cc3)c2)c1. The Morgan fingerprint density at radius 3 is 2.32 bits per heavy atom. The highest BCUT2D eigenvalue weighted by atomic mass is 79.9. The van der Waals surface area contributed by atoms with E-state index in [1.165, 1.54) is 55.8 Å². The molecule has 2 amide bonds. The van der Waals surface area contributed by atoms with E-state index in [0.717, 1.165) is 0 Å². The molecule has 0 bridgehead atoms. The lowest BCUT2D eigenvalue weighted by atomic mass is 10.1. The number of ether oxygens (including phenoxy) is 2. The summed E-state index contributed by atoms with van der Waals surface area (Å²) < 4.78 is 11.8.